The first-order chi connectivity index (χ1) is 14.2. The summed E-state index contributed by atoms with van der Waals surface area (Å²) in [7, 11) is 0. The number of rotatable bonds is 4. The summed E-state index contributed by atoms with van der Waals surface area (Å²) in [5.74, 6) is -0.362. The Kier molecular flexibility index (Phi) is 6.91. The van der Waals surface area contributed by atoms with E-state index < -0.39 is 5.60 Å². The number of carbonyl (C=O) groups excluding carboxylic acids is 2. The van der Waals surface area contributed by atoms with E-state index in [2.05, 4.69) is 17.0 Å². The van der Waals surface area contributed by atoms with Gasteiger partial charge < -0.3 is 14.5 Å². The number of amides is 2. The molecule has 7 heteroatoms. The van der Waals surface area contributed by atoms with Crippen LogP contribution in [-0.2, 0) is 16.0 Å². The van der Waals surface area contributed by atoms with E-state index in [9.17, 15) is 9.59 Å². The number of nitrogens with one attached hydrogen (secondary N) is 1. The van der Waals surface area contributed by atoms with Gasteiger partial charge in [-0.3, -0.25) is 10.0 Å². The Morgan fingerprint density at radius 1 is 1.07 bits per heavy atom. The Labute approximate surface area is 179 Å². The predicted octanol–water partition coefficient (Wildman–Crippen LogP) is 3.74. The van der Waals surface area contributed by atoms with Gasteiger partial charge in [-0.05, 0) is 69.9 Å². The van der Waals surface area contributed by atoms with E-state index in [4.69, 9.17) is 9.94 Å². The molecule has 0 bridgehead atoms. The van der Waals surface area contributed by atoms with E-state index in [0.717, 1.165) is 57.4 Å². The topological polar surface area (TPSA) is 82.1 Å². The number of aryl methyl sites for hydroxylation is 1. The molecule has 3 rings (SSSR count). The largest absolute Gasteiger partial charge is 0.444 e. The lowest BCUT2D eigenvalue weighted by Gasteiger charge is -2.47. The number of piperidine rings is 2. The van der Waals surface area contributed by atoms with Crippen molar-refractivity contribution in [2.75, 3.05) is 31.1 Å². The maximum Gasteiger partial charge on any atom is 0.410 e. The molecule has 30 heavy (non-hydrogen) atoms. The van der Waals surface area contributed by atoms with Gasteiger partial charge in [-0.1, -0.05) is 18.2 Å². The van der Waals surface area contributed by atoms with Crippen LogP contribution in [0.2, 0.25) is 0 Å². The molecule has 0 aromatic heterocycles. The lowest BCUT2D eigenvalue weighted by molar-refractivity contribution is -0.129. The first-order valence-corrected chi connectivity index (χ1v) is 11.0. The first kappa shape index (κ1) is 22.4. The summed E-state index contributed by atoms with van der Waals surface area (Å²) in [5.41, 5.74) is 3.88. The van der Waals surface area contributed by atoms with Crippen molar-refractivity contribution in [1.82, 2.24) is 10.4 Å². The quantitative estimate of drug-likeness (QED) is 0.576. The lowest BCUT2D eigenvalue weighted by Crippen LogP contribution is -2.49. The van der Waals surface area contributed by atoms with Crippen LogP contribution in [0.4, 0.5) is 10.5 Å². The zero-order valence-electron chi connectivity index (χ0n) is 18.4. The highest BCUT2D eigenvalue weighted by molar-refractivity contribution is 5.75. The summed E-state index contributed by atoms with van der Waals surface area (Å²) in [6.45, 7) is 9.20. The summed E-state index contributed by atoms with van der Waals surface area (Å²) < 4.78 is 5.52. The number of likely N-dealkylation sites (tertiary alicyclic amines) is 1. The monoisotopic (exact) mass is 417 g/mol. The summed E-state index contributed by atoms with van der Waals surface area (Å²) in [6, 6.07) is 8.21. The van der Waals surface area contributed by atoms with Crippen LogP contribution >= 0.6 is 0 Å². The van der Waals surface area contributed by atoms with Crippen LogP contribution in [0, 0.1) is 5.41 Å². The number of benzene rings is 1. The van der Waals surface area contributed by atoms with Crippen molar-refractivity contribution < 1.29 is 19.5 Å². The number of ether oxygens (including phenoxy) is 1. The minimum Gasteiger partial charge on any atom is -0.444 e. The Balaban J connectivity index is 1.55. The maximum atomic E-state index is 12.3. The van der Waals surface area contributed by atoms with Crippen LogP contribution in [-0.4, -0.2) is 53.9 Å². The summed E-state index contributed by atoms with van der Waals surface area (Å²) in [4.78, 5) is 28.0. The summed E-state index contributed by atoms with van der Waals surface area (Å²) in [5, 5.41) is 8.74. The maximum absolute atomic E-state index is 12.3. The second-order valence-electron chi connectivity index (χ2n) is 9.62. The van der Waals surface area contributed by atoms with Gasteiger partial charge in [0.25, 0.3) is 0 Å². The SMILES string of the molecule is CC(C)(C)OC(=O)N1CCC2(CC1)CCN(c1ccccc1CCC(=O)NO)CC2. The minimum absolute atomic E-state index is 0.198. The van der Waals surface area contributed by atoms with Crippen molar-refractivity contribution in [1.29, 1.82) is 0 Å². The number of hydrogen-bond acceptors (Lipinski definition) is 5. The van der Waals surface area contributed by atoms with Crippen LogP contribution in [0.5, 0.6) is 0 Å². The normalized spacial score (nSPS) is 18.9. The number of anilines is 1. The van der Waals surface area contributed by atoms with Crippen molar-refractivity contribution >= 4 is 17.7 Å². The molecular formula is C23H35N3O4. The van der Waals surface area contributed by atoms with Crippen LogP contribution < -0.4 is 10.4 Å². The third kappa shape index (κ3) is 5.65. The van der Waals surface area contributed by atoms with Crippen LogP contribution in [0.25, 0.3) is 0 Å². The minimum atomic E-state index is -0.456. The summed E-state index contributed by atoms with van der Waals surface area (Å²) in [6.07, 6.45) is 4.95. The van der Waals surface area contributed by atoms with Crippen molar-refractivity contribution in [3.63, 3.8) is 0 Å². The van der Waals surface area contributed by atoms with Crippen LogP contribution in [0.3, 0.4) is 0 Å². The zero-order valence-corrected chi connectivity index (χ0v) is 18.4. The van der Waals surface area contributed by atoms with E-state index in [0.29, 0.717) is 11.8 Å². The second kappa shape index (κ2) is 9.25. The van der Waals surface area contributed by atoms with E-state index >= 15 is 0 Å². The number of nitrogens with zero attached hydrogens (tertiary/aromatic N) is 2. The number of hydrogen-bond donors (Lipinski definition) is 2. The smallest absolute Gasteiger partial charge is 0.410 e. The average Bonchev–Trinajstić information content (AvgIpc) is 2.72. The fourth-order valence-corrected chi connectivity index (χ4v) is 4.55. The Bertz CT molecular complexity index is 741. The van der Waals surface area contributed by atoms with E-state index in [1.165, 1.54) is 5.69 Å². The molecule has 1 spiro atoms. The third-order valence-corrected chi connectivity index (χ3v) is 6.38. The summed E-state index contributed by atoms with van der Waals surface area (Å²) >= 11 is 0. The number of para-hydroxylation sites is 1. The molecule has 0 unspecified atom stereocenters. The second-order valence-corrected chi connectivity index (χ2v) is 9.62. The van der Waals surface area contributed by atoms with Crippen molar-refractivity contribution in [2.24, 2.45) is 5.41 Å². The molecule has 7 nitrogen and oxygen atoms in total. The third-order valence-electron chi connectivity index (χ3n) is 6.38. The Morgan fingerprint density at radius 3 is 2.27 bits per heavy atom. The first-order valence-electron chi connectivity index (χ1n) is 11.0. The molecule has 2 aliphatic rings. The van der Waals surface area contributed by atoms with Crippen molar-refractivity contribution in [3.05, 3.63) is 29.8 Å². The molecule has 0 aliphatic carbocycles. The van der Waals surface area contributed by atoms with Crippen molar-refractivity contribution in [3.8, 4) is 0 Å². The van der Waals surface area contributed by atoms with Gasteiger partial charge in [-0.25, -0.2) is 10.3 Å². The molecular weight excluding hydrogens is 382 g/mol. The molecule has 2 heterocycles. The van der Waals surface area contributed by atoms with E-state index in [-0.39, 0.29) is 18.4 Å². The van der Waals surface area contributed by atoms with Crippen molar-refractivity contribution in [2.45, 2.75) is 64.9 Å². The fraction of sp³-hybridized carbons (Fsp3) is 0.652. The molecule has 2 amide bonds. The highest BCUT2D eigenvalue weighted by Crippen LogP contribution is 2.42. The van der Waals surface area contributed by atoms with Crippen LogP contribution in [0.1, 0.15) is 58.4 Å². The average molecular weight is 418 g/mol. The predicted molar refractivity (Wildman–Crippen MR) is 116 cm³/mol. The molecule has 0 saturated carbocycles. The highest BCUT2D eigenvalue weighted by atomic mass is 16.6. The number of carbonyl (C=O) groups is 2. The van der Waals surface area contributed by atoms with Gasteiger partial charge in [0, 0.05) is 38.3 Å². The molecule has 2 fully saturated rings. The van der Waals surface area contributed by atoms with Gasteiger partial charge in [0.05, 0.1) is 0 Å². The Hall–Kier alpha value is -2.28. The van der Waals surface area contributed by atoms with E-state index in [1.807, 2.05) is 37.8 Å². The van der Waals surface area contributed by atoms with Crippen LogP contribution in [0.15, 0.2) is 24.3 Å². The van der Waals surface area contributed by atoms with Gasteiger partial charge in [0.15, 0.2) is 0 Å². The van der Waals surface area contributed by atoms with E-state index in [1.54, 1.807) is 5.48 Å². The molecule has 1 aromatic rings. The molecule has 0 radical (unpaired) electrons. The molecule has 2 N–H and O–H groups in total. The zero-order chi connectivity index (χ0) is 21.8. The fourth-order valence-electron chi connectivity index (χ4n) is 4.55. The molecule has 2 aliphatic heterocycles. The highest BCUT2D eigenvalue weighted by Gasteiger charge is 2.39. The number of hydroxylamine groups is 1. The van der Waals surface area contributed by atoms with Gasteiger partial charge in [-0.2, -0.15) is 0 Å². The molecule has 1 aromatic carbocycles. The van der Waals surface area contributed by atoms with Gasteiger partial charge in [0.1, 0.15) is 5.60 Å². The lowest BCUT2D eigenvalue weighted by atomic mass is 9.71. The molecule has 2 saturated heterocycles. The molecule has 0 atom stereocenters. The van der Waals surface area contributed by atoms with Gasteiger partial charge in [-0.15, -0.1) is 0 Å². The van der Waals surface area contributed by atoms with Gasteiger partial charge >= 0.3 is 6.09 Å². The molecule has 166 valence electrons. The van der Waals surface area contributed by atoms with Gasteiger partial charge in [0.2, 0.25) is 5.91 Å². The Morgan fingerprint density at radius 2 is 1.67 bits per heavy atom. The standard InChI is InChI=1S/C23H35N3O4/c1-22(2,3)30-21(28)26-16-12-23(13-17-26)10-14-25(15-11-23)19-7-5-4-6-18(19)8-9-20(27)24-29/h4-7,29H,8-17H2,1-3H3,(H,24,27).